The minimum atomic E-state index is -0.400. The lowest BCUT2D eigenvalue weighted by Gasteiger charge is -2.27. The summed E-state index contributed by atoms with van der Waals surface area (Å²) in [7, 11) is 0. The molecule has 0 unspecified atom stereocenters. The molecule has 2 N–H and O–H groups in total. The van der Waals surface area contributed by atoms with Crippen molar-refractivity contribution in [2.45, 2.75) is 19.3 Å². The summed E-state index contributed by atoms with van der Waals surface area (Å²) in [6, 6.07) is 10.1. The summed E-state index contributed by atoms with van der Waals surface area (Å²) in [5.74, 6) is 0.150. The van der Waals surface area contributed by atoms with E-state index in [0.29, 0.717) is 11.3 Å². The molecule has 0 aliphatic carbocycles. The van der Waals surface area contributed by atoms with Crippen LogP contribution in [0.1, 0.15) is 19.3 Å². The van der Waals surface area contributed by atoms with Gasteiger partial charge in [-0.1, -0.05) is 0 Å². The third-order valence-corrected chi connectivity index (χ3v) is 3.92. The van der Waals surface area contributed by atoms with Gasteiger partial charge in [0.25, 0.3) is 0 Å². The number of nitrogens with zero attached hydrogens (tertiary/aromatic N) is 3. The van der Waals surface area contributed by atoms with Crippen molar-refractivity contribution >= 4 is 28.2 Å². The number of benzene rings is 1. The molecule has 0 saturated carbocycles. The topological polar surface area (TPSA) is 105 Å². The van der Waals surface area contributed by atoms with Gasteiger partial charge in [-0.15, -0.1) is 0 Å². The van der Waals surface area contributed by atoms with Gasteiger partial charge in [-0.05, 0) is 43.5 Å². The lowest BCUT2D eigenvalue weighted by Crippen LogP contribution is -2.39. The van der Waals surface area contributed by atoms with Crippen LogP contribution in [0.3, 0.4) is 0 Å². The smallest absolute Gasteiger partial charge is 0.336 e. The van der Waals surface area contributed by atoms with E-state index in [9.17, 15) is 10.1 Å². The maximum Gasteiger partial charge on any atom is 0.336 e. The van der Waals surface area contributed by atoms with Crippen LogP contribution in [0, 0.1) is 16.7 Å². The SMILES string of the molecule is N#C/C(=N/Nc1ccc2oc(=O)ccc2c1)C(=N)N1CCCCC1. The van der Waals surface area contributed by atoms with Crippen molar-refractivity contribution < 1.29 is 4.42 Å². The Morgan fingerprint density at radius 1 is 1.25 bits per heavy atom. The van der Waals surface area contributed by atoms with Gasteiger partial charge < -0.3 is 9.32 Å². The van der Waals surface area contributed by atoms with Gasteiger partial charge >= 0.3 is 5.63 Å². The minimum absolute atomic E-state index is 0.0524. The zero-order valence-electron chi connectivity index (χ0n) is 13.1. The lowest BCUT2D eigenvalue weighted by molar-refractivity contribution is 0.344. The van der Waals surface area contributed by atoms with E-state index in [4.69, 9.17) is 9.83 Å². The maximum absolute atomic E-state index is 11.2. The number of hydrogen-bond donors (Lipinski definition) is 2. The molecule has 0 spiro atoms. The quantitative estimate of drug-likeness (QED) is 0.391. The zero-order chi connectivity index (χ0) is 16.9. The molecule has 0 radical (unpaired) electrons. The van der Waals surface area contributed by atoms with Crippen molar-refractivity contribution in [3.8, 4) is 6.07 Å². The molecular weight excluding hydrogens is 306 g/mol. The molecular formula is C17H17N5O2. The Balaban J connectivity index is 1.77. The van der Waals surface area contributed by atoms with E-state index >= 15 is 0 Å². The minimum Gasteiger partial charge on any atom is -0.423 e. The summed E-state index contributed by atoms with van der Waals surface area (Å²) in [5, 5.41) is 22.2. The van der Waals surface area contributed by atoms with E-state index in [2.05, 4.69) is 10.5 Å². The van der Waals surface area contributed by atoms with Crippen LogP contribution < -0.4 is 11.1 Å². The number of rotatable bonds is 3. The van der Waals surface area contributed by atoms with Gasteiger partial charge in [0, 0.05) is 24.5 Å². The molecule has 2 heterocycles. The number of anilines is 1. The predicted octanol–water partition coefficient (Wildman–Crippen LogP) is 2.55. The Morgan fingerprint density at radius 2 is 2.04 bits per heavy atom. The van der Waals surface area contributed by atoms with Crippen molar-refractivity contribution in [3.05, 3.63) is 40.8 Å². The Kier molecular flexibility index (Phi) is 4.57. The van der Waals surface area contributed by atoms with Crippen molar-refractivity contribution in [2.24, 2.45) is 5.10 Å². The summed E-state index contributed by atoms with van der Waals surface area (Å²) in [6.07, 6.45) is 3.23. The van der Waals surface area contributed by atoms with Gasteiger partial charge in [0.2, 0.25) is 5.71 Å². The van der Waals surface area contributed by atoms with Crippen LogP contribution in [0.5, 0.6) is 0 Å². The highest BCUT2D eigenvalue weighted by atomic mass is 16.4. The van der Waals surface area contributed by atoms with Crippen LogP contribution >= 0.6 is 0 Å². The zero-order valence-corrected chi connectivity index (χ0v) is 13.1. The molecule has 0 amide bonds. The number of nitriles is 1. The second kappa shape index (κ2) is 6.96. The van der Waals surface area contributed by atoms with Gasteiger partial charge in [0.1, 0.15) is 11.7 Å². The molecule has 1 saturated heterocycles. The third-order valence-electron chi connectivity index (χ3n) is 3.92. The number of hydrogen-bond acceptors (Lipinski definition) is 6. The first kappa shape index (κ1) is 15.7. The van der Waals surface area contributed by atoms with Gasteiger partial charge in [0.15, 0.2) is 5.84 Å². The summed E-state index contributed by atoms with van der Waals surface area (Å²) in [6.45, 7) is 1.57. The molecule has 0 bridgehead atoms. The van der Waals surface area contributed by atoms with Crippen LogP contribution in [0.4, 0.5) is 5.69 Å². The summed E-state index contributed by atoms with van der Waals surface area (Å²) < 4.78 is 5.07. The Bertz CT molecular complexity index is 888. The predicted molar refractivity (Wildman–Crippen MR) is 92.3 cm³/mol. The molecule has 1 aromatic heterocycles. The van der Waals surface area contributed by atoms with Gasteiger partial charge in [-0.2, -0.15) is 10.4 Å². The Labute approximate surface area is 138 Å². The molecule has 1 aliphatic rings. The van der Waals surface area contributed by atoms with E-state index in [1.807, 2.05) is 11.0 Å². The van der Waals surface area contributed by atoms with Gasteiger partial charge in [0.05, 0.1) is 5.69 Å². The van der Waals surface area contributed by atoms with Gasteiger partial charge in [-0.25, -0.2) is 4.79 Å². The summed E-state index contributed by atoms with van der Waals surface area (Å²) in [4.78, 5) is 13.1. The first-order valence-electron chi connectivity index (χ1n) is 7.79. The van der Waals surface area contributed by atoms with Crippen LogP contribution in [-0.4, -0.2) is 29.5 Å². The summed E-state index contributed by atoms with van der Waals surface area (Å²) >= 11 is 0. The lowest BCUT2D eigenvalue weighted by atomic mass is 10.1. The first-order chi connectivity index (χ1) is 11.7. The summed E-state index contributed by atoms with van der Waals surface area (Å²) in [5.41, 5.74) is 3.59. The second-order valence-corrected chi connectivity index (χ2v) is 5.59. The molecule has 1 fully saturated rings. The van der Waals surface area contributed by atoms with Crippen LogP contribution in [0.2, 0.25) is 0 Å². The van der Waals surface area contributed by atoms with E-state index in [1.165, 1.54) is 6.07 Å². The molecule has 7 heteroatoms. The van der Waals surface area contributed by atoms with Crippen molar-refractivity contribution in [1.29, 1.82) is 10.7 Å². The largest absolute Gasteiger partial charge is 0.423 e. The fraction of sp³-hybridized carbons (Fsp3) is 0.294. The number of fused-ring (bicyclic) bond motifs is 1. The molecule has 122 valence electrons. The Morgan fingerprint density at radius 3 is 2.79 bits per heavy atom. The van der Waals surface area contributed by atoms with Gasteiger partial charge in [-0.3, -0.25) is 10.8 Å². The number of likely N-dealkylation sites (tertiary alicyclic amines) is 1. The highest BCUT2D eigenvalue weighted by molar-refractivity contribution is 6.46. The Hall–Kier alpha value is -3.14. The van der Waals surface area contributed by atoms with Crippen LogP contribution in [0.15, 0.2) is 44.6 Å². The van der Waals surface area contributed by atoms with E-state index in [0.717, 1.165) is 37.7 Å². The monoisotopic (exact) mass is 323 g/mol. The normalized spacial score (nSPS) is 15.1. The van der Waals surface area contributed by atoms with Crippen molar-refractivity contribution in [2.75, 3.05) is 18.5 Å². The van der Waals surface area contributed by atoms with Crippen LogP contribution in [-0.2, 0) is 0 Å². The van der Waals surface area contributed by atoms with E-state index < -0.39 is 5.63 Å². The van der Waals surface area contributed by atoms with Crippen molar-refractivity contribution in [1.82, 2.24) is 4.90 Å². The molecule has 0 atom stereocenters. The fourth-order valence-electron chi connectivity index (χ4n) is 2.66. The number of amidine groups is 1. The first-order valence-corrected chi connectivity index (χ1v) is 7.79. The van der Waals surface area contributed by atoms with Crippen LogP contribution in [0.25, 0.3) is 11.0 Å². The van der Waals surface area contributed by atoms with E-state index in [1.54, 1.807) is 24.3 Å². The molecule has 2 aromatic rings. The molecule has 1 aromatic carbocycles. The molecule has 7 nitrogen and oxygen atoms in total. The molecule has 3 rings (SSSR count). The third kappa shape index (κ3) is 3.43. The second-order valence-electron chi connectivity index (χ2n) is 5.59. The average molecular weight is 323 g/mol. The number of piperidine rings is 1. The molecule has 1 aliphatic heterocycles. The average Bonchev–Trinajstić information content (AvgIpc) is 2.62. The number of hydrazone groups is 1. The highest BCUT2D eigenvalue weighted by Gasteiger charge is 2.18. The van der Waals surface area contributed by atoms with Crippen molar-refractivity contribution in [3.63, 3.8) is 0 Å². The fourth-order valence-corrected chi connectivity index (χ4v) is 2.66. The van der Waals surface area contributed by atoms with E-state index in [-0.39, 0.29) is 11.5 Å². The highest BCUT2D eigenvalue weighted by Crippen LogP contribution is 2.17. The maximum atomic E-state index is 11.2. The number of nitrogens with one attached hydrogen (secondary N) is 2. The molecule has 24 heavy (non-hydrogen) atoms. The standard InChI is InChI=1S/C17H17N5O2/c18-11-14(17(19)22-8-2-1-3-9-22)21-20-13-5-6-15-12(10-13)4-7-16(23)24-15/h4-7,10,19-20H,1-3,8-9H2/b19-17?,21-14-.